The summed E-state index contributed by atoms with van der Waals surface area (Å²) in [5.41, 5.74) is 6.12. The molecule has 1 aromatic rings. The molecule has 2 rings (SSSR count). The molecule has 1 aliphatic rings. The van der Waals surface area contributed by atoms with Crippen LogP contribution in [0.3, 0.4) is 0 Å². The topological polar surface area (TPSA) is 61.5 Å². The van der Waals surface area contributed by atoms with E-state index in [4.69, 9.17) is 15.0 Å². The van der Waals surface area contributed by atoms with Gasteiger partial charge in [0, 0.05) is 5.56 Å². The van der Waals surface area contributed by atoms with E-state index in [0.717, 1.165) is 11.0 Å². The first-order valence-corrected chi connectivity index (χ1v) is 6.94. The molecule has 1 aliphatic heterocycles. The zero-order valence-corrected chi connectivity index (χ0v) is 12.9. The number of primary amides is 1. The summed E-state index contributed by atoms with van der Waals surface area (Å²) < 4.78 is 12.0. The van der Waals surface area contributed by atoms with Gasteiger partial charge in [-0.25, -0.2) is 0 Å². The molecule has 1 fully saturated rings. The molecule has 4 nitrogen and oxygen atoms in total. The summed E-state index contributed by atoms with van der Waals surface area (Å²) in [5, 5.41) is 0. The molecule has 1 saturated heterocycles. The van der Waals surface area contributed by atoms with Crippen LogP contribution in [0.2, 0.25) is 0 Å². The van der Waals surface area contributed by atoms with E-state index in [0.29, 0.717) is 0 Å². The van der Waals surface area contributed by atoms with Gasteiger partial charge in [-0.05, 0) is 45.3 Å². The van der Waals surface area contributed by atoms with Gasteiger partial charge in [-0.1, -0.05) is 24.0 Å². The summed E-state index contributed by atoms with van der Waals surface area (Å²) in [7, 11) is -0.373. The van der Waals surface area contributed by atoms with Crippen LogP contribution < -0.4 is 11.2 Å². The predicted octanol–water partition coefficient (Wildman–Crippen LogP) is 1.21. The molecule has 1 amide bonds. The maximum Gasteiger partial charge on any atom is 0.494 e. The third-order valence-corrected chi connectivity index (χ3v) is 3.93. The Labute approximate surface area is 126 Å². The molecule has 0 bridgehead atoms. The van der Waals surface area contributed by atoms with Gasteiger partial charge in [0.1, 0.15) is 0 Å². The van der Waals surface area contributed by atoms with Crippen molar-refractivity contribution in [2.75, 3.05) is 0 Å². The fourth-order valence-electron chi connectivity index (χ4n) is 1.94. The van der Waals surface area contributed by atoms with Gasteiger partial charge in [0.25, 0.3) is 0 Å². The molecule has 0 aromatic heterocycles. The van der Waals surface area contributed by atoms with E-state index < -0.39 is 5.91 Å². The number of benzene rings is 1. The van der Waals surface area contributed by atoms with Crippen LogP contribution in [0, 0.1) is 11.8 Å². The molecule has 0 atom stereocenters. The monoisotopic (exact) mass is 285 g/mol. The molecule has 5 heteroatoms. The van der Waals surface area contributed by atoms with E-state index in [-0.39, 0.29) is 24.7 Å². The zero-order chi connectivity index (χ0) is 15.7. The quantitative estimate of drug-likeness (QED) is 0.656. The van der Waals surface area contributed by atoms with Gasteiger partial charge in [-0.2, -0.15) is 0 Å². The molecule has 0 aliphatic carbocycles. The van der Waals surface area contributed by atoms with E-state index >= 15 is 0 Å². The third-order valence-electron chi connectivity index (χ3n) is 3.93. The van der Waals surface area contributed by atoms with Gasteiger partial charge in [0.2, 0.25) is 5.91 Å². The van der Waals surface area contributed by atoms with Crippen molar-refractivity contribution >= 4 is 18.5 Å². The molecule has 0 unspecified atom stereocenters. The Morgan fingerprint density at radius 3 is 2.14 bits per heavy atom. The van der Waals surface area contributed by atoms with Crippen LogP contribution in [-0.2, 0) is 14.1 Å². The smallest absolute Gasteiger partial charge is 0.399 e. The van der Waals surface area contributed by atoms with E-state index in [1.807, 2.05) is 52.0 Å². The number of hydrogen-bond acceptors (Lipinski definition) is 3. The summed E-state index contributed by atoms with van der Waals surface area (Å²) in [4.78, 5) is 10.6. The molecule has 21 heavy (non-hydrogen) atoms. The van der Waals surface area contributed by atoms with E-state index in [1.165, 1.54) is 0 Å². The number of nitrogens with two attached hydrogens (primary N) is 1. The molecule has 0 spiro atoms. The van der Waals surface area contributed by atoms with Crippen molar-refractivity contribution < 1.29 is 14.1 Å². The van der Waals surface area contributed by atoms with Crippen LogP contribution in [0.5, 0.6) is 0 Å². The second kappa shape index (κ2) is 5.55. The van der Waals surface area contributed by atoms with Gasteiger partial charge in [0.05, 0.1) is 17.6 Å². The molecule has 2 N–H and O–H groups in total. The van der Waals surface area contributed by atoms with Gasteiger partial charge in [-0.3, -0.25) is 4.79 Å². The average molecular weight is 285 g/mol. The summed E-state index contributed by atoms with van der Waals surface area (Å²) in [6.45, 7) is 8.10. The van der Waals surface area contributed by atoms with Crippen LogP contribution in [0.15, 0.2) is 24.3 Å². The Balaban J connectivity index is 2.10. The number of carbonyl (C=O) groups is 1. The maximum atomic E-state index is 10.6. The molecular weight excluding hydrogens is 265 g/mol. The highest BCUT2D eigenvalue weighted by molar-refractivity contribution is 6.62. The predicted molar refractivity (Wildman–Crippen MR) is 82.8 cm³/mol. The van der Waals surface area contributed by atoms with Crippen molar-refractivity contribution in [1.29, 1.82) is 0 Å². The Morgan fingerprint density at radius 2 is 1.67 bits per heavy atom. The first kappa shape index (κ1) is 15.6. The van der Waals surface area contributed by atoms with Crippen molar-refractivity contribution in [3.63, 3.8) is 0 Å². The summed E-state index contributed by atoms with van der Waals surface area (Å²) in [6.07, 6.45) is 0.0684. The molecule has 1 aromatic carbocycles. The second-order valence-corrected chi connectivity index (χ2v) is 6.16. The van der Waals surface area contributed by atoms with Crippen molar-refractivity contribution in [3.8, 4) is 11.8 Å². The molecule has 1 heterocycles. The fourth-order valence-corrected chi connectivity index (χ4v) is 1.94. The van der Waals surface area contributed by atoms with Crippen LogP contribution >= 0.6 is 0 Å². The van der Waals surface area contributed by atoms with Crippen LogP contribution in [0.1, 0.15) is 39.7 Å². The third kappa shape index (κ3) is 3.47. The highest BCUT2D eigenvalue weighted by Gasteiger charge is 2.51. The minimum Gasteiger partial charge on any atom is -0.399 e. The Bertz CT molecular complexity index is 580. The lowest BCUT2D eigenvalue weighted by Gasteiger charge is -2.32. The molecule has 0 radical (unpaired) electrons. The largest absolute Gasteiger partial charge is 0.494 e. The van der Waals surface area contributed by atoms with Gasteiger partial charge >= 0.3 is 7.12 Å². The first-order chi connectivity index (χ1) is 9.71. The van der Waals surface area contributed by atoms with Crippen molar-refractivity contribution in [2.24, 2.45) is 5.73 Å². The van der Waals surface area contributed by atoms with E-state index in [2.05, 4.69) is 11.8 Å². The minimum absolute atomic E-state index is 0.0684. The number of amides is 1. The highest BCUT2D eigenvalue weighted by Crippen LogP contribution is 2.36. The van der Waals surface area contributed by atoms with E-state index in [9.17, 15) is 4.79 Å². The van der Waals surface area contributed by atoms with Gasteiger partial charge < -0.3 is 15.0 Å². The first-order valence-electron chi connectivity index (χ1n) is 6.94. The van der Waals surface area contributed by atoms with Crippen LogP contribution in [0.25, 0.3) is 0 Å². The fraction of sp³-hybridized carbons (Fsp3) is 0.438. The van der Waals surface area contributed by atoms with Crippen LogP contribution in [-0.4, -0.2) is 24.2 Å². The number of carbonyl (C=O) groups excluding carboxylic acids is 1. The molecule has 110 valence electrons. The SMILES string of the molecule is CC1(C)OB(c2ccc(C#CCC(N)=O)cc2)OC1(C)C. The Morgan fingerprint density at radius 1 is 1.14 bits per heavy atom. The summed E-state index contributed by atoms with van der Waals surface area (Å²) in [6, 6.07) is 7.62. The normalized spacial score (nSPS) is 19.0. The second-order valence-electron chi connectivity index (χ2n) is 6.16. The minimum atomic E-state index is -0.420. The van der Waals surface area contributed by atoms with Gasteiger partial charge in [-0.15, -0.1) is 0 Å². The lowest BCUT2D eigenvalue weighted by Crippen LogP contribution is -2.41. The lowest BCUT2D eigenvalue weighted by molar-refractivity contribution is -0.117. The highest BCUT2D eigenvalue weighted by atomic mass is 16.7. The van der Waals surface area contributed by atoms with Gasteiger partial charge in [0.15, 0.2) is 0 Å². The zero-order valence-electron chi connectivity index (χ0n) is 12.9. The van der Waals surface area contributed by atoms with Crippen molar-refractivity contribution in [3.05, 3.63) is 29.8 Å². The Kier molecular flexibility index (Phi) is 4.13. The summed E-state index contributed by atoms with van der Waals surface area (Å²) >= 11 is 0. The maximum absolute atomic E-state index is 10.6. The van der Waals surface area contributed by atoms with Crippen molar-refractivity contribution in [1.82, 2.24) is 0 Å². The number of rotatable bonds is 2. The average Bonchev–Trinajstić information content (AvgIpc) is 2.59. The Hall–Kier alpha value is -1.77. The van der Waals surface area contributed by atoms with Crippen molar-refractivity contribution in [2.45, 2.75) is 45.3 Å². The van der Waals surface area contributed by atoms with E-state index in [1.54, 1.807) is 0 Å². The number of hydrogen-bond donors (Lipinski definition) is 1. The van der Waals surface area contributed by atoms with Crippen LogP contribution in [0.4, 0.5) is 0 Å². The summed E-state index contributed by atoms with van der Waals surface area (Å²) in [5.74, 6) is 5.20. The lowest BCUT2D eigenvalue weighted by atomic mass is 9.79. The molecule has 0 saturated carbocycles. The molecular formula is C16H20BNO3. The standard InChI is InChI=1S/C16H20BNO3/c1-15(2)16(3,4)21-17(20-15)13-10-8-12(9-11-13)6-5-7-14(18)19/h8-11H,7H2,1-4H3,(H2,18,19).